The van der Waals surface area contributed by atoms with Crippen LogP contribution in [0.5, 0.6) is 11.6 Å². The number of hydrogen-bond acceptors (Lipinski definition) is 4. The average Bonchev–Trinajstić information content (AvgIpc) is 2.47. The SMILES string of the molecule is C/C=C/c1ccccc1Oc1nc(CCC)nc(N)c1C. The number of allylic oxidation sites excluding steroid dienone is 1. The van der Waals surface area contributed by atoms with Crippen LogP contribution in [-0.2, 0) is 6.42 Å². The molecule has 4 heteroatoms. The fourth-order valence-electron chi connectivity index (χ4n) is 1.99. The first-order valence-corrected chi connectivity index (χ1v) is 7.18. The number of nitrogen functional groups attached to an aromatic ring is 1. The zero-order valence-electron chi connectivity index (χ0n) is 12.8. The number of benzene rings is 1. The van der Waals surface area contributed by atoms with Gasteiger partial charge < -0.3 is 10.5 Å². The number of rotatable bonds is 5. The Balaban J connectivity index is 2.39. The maximum absolute atomic E-state index is 5.98. The summed E-state index contributed by atoms with van der Waals surface area (Å²) in [5, 5.41) is 0. The number of hydrogen-bond donors (Lipinski definition) is 1. The smallest absolute Gasteiger partial charge is 0.227 e. The standard InChI is InChI=1S/C17H21N3O/c1-4-8-13-10-6-7-11-14(13)21-17-12(3)16(18)19-15(20-17)9-5-2/h4,6-8,10-11H,5,9H2,1-3H3,(H2,18,19,20)/b8-4+. The van der Waals surface area contributed by atoms with Crippen LogP contribution in [0, 0.1) is 6.92 Å². The number of aryl methyl sites for hydroxylation is 1. The molecule has 110 valence electrons. The van der Waals surface area contributed by atoms with Gasteiger partial charge in [-0.05, 0) is 26.3 Å². The lowest BCUT2D eigenvalue weighted by atomic mass is 10.2. The van der Waals surface area contributed by atoms with Crippen LogP contribution < -0.4 is 10.5 Å². The van der Waals surface area contributed by atoms with Crippen molar-refractivity contribution in [3.63, 3.8) is 0 Å². The van der Waals surface area contributed by atoms with E-state index in [9.17, 15) is 0 Å². The van der Waals surface area contributed by atoms with Crippen LogP contribution in [-0.4, -0.2) is 9.97 Å². The Morgan fingerprint density at radius 2 is 2.00 bits per heavy atom. The number of aromatic nitrogens is 2. The van der Waals surface area contributed by atoms with Gasteiger partial charge in [-0.15, -0.1) is 0 Å². The van der Waals surface area contributed by atoms with Gasteiger partial charge in [0.05, 0.1) is 5.56 Å². The van der Waals surface area contributed by atoms with E-state index in [2.05, 4.69) is 16.9 Å². The van der Waals surface area contributed by atoms with Crippen molar-refractivity contribution in [1.29, 1.82) is 0 Å². The maximum atomic E-state index is 5.98. The number of para-hydroxylation sites is 1. The molecule has 0 saturated heterocycles. The van der Waals surface area contributed by atoms with Crippen LogP contribution >= 0.6 is 0 Å². The fraction of sp³-hybridized carbons (Fsp3) is 0.294. The summed E-state index contributed by atoms with van der Waals surface area (Å²) in [6.45, 7) is 5.93. The van der Waals surface area contributed by atoms with Crippen molar-refractivity contribution in [2.24, 2.45) is 0 Å². The number of anilines is 1. The molecule has 0 bridgehead atoms. The van der Waals surface area contributed by atoms with E-state index >= 15 is 0 Å². The highest BCUT2D eigenvalue weighted by Gasteiger charge is 2.11. The molecular formula is C17H21N3O. The van der Waals surface area contributed by atoms with Crippen LogP contribution in [0.15, 0.2) is 30.3 Å². The topological polar surface area (TPSA) is 61.0 Å². The lowest BCUT2D eigenvalue weighted by Gasteiger charge is -2.12. The molecule has 0 amide bonds. The van der Waals surface area contributed by atoms with Crippen LogP contribution in [0.2, 0.25) is 0 Å². The molecular weight excluding hydrogens is 262 g/mol. The van der Waals surface area contributed by atoms with Gasteiger partial charge in [0.2, 0.25) is 5.88 Å². The number of ether oxygens (including phenoxy) is 1. The van der Waals surface area contributed by atoms with Crippen LogP contribution in [0.4, 0.5) is 5.82 Å². The molecule has 2 rings (SSSR count). The van der Waals surface area contributed by atoms with E-state index in [1.165, 1.54) is 0 Å². The third-order valence-corrected chi connectivity index (χ3v) is 3.13. The molecule has 4 nitrogen and oxygen atoms in total. The van der Waals surface area contributed by atoms with E-state index in [0.29, 0.717) is 11.7 Å². The molecule has 2 N–H and O–H groups in total. The zero-order chi connectivity index (χ0) is 15.2. The van der Waals surface area contributed by atoms with Crippen molar-refractivity contribution in [3.8, 4) is 11.6 Å². The van der Waals surface area contributed by atoms with Gasteiger partial charge in [-0.3, -0.25) is 0 Å². The van der Waals surface area contributed by atoms with Gasteiger partial charge in [-0.2, -0.15) is 4.98 Å². The third kappa shape index (κ3) is 3.60. The van der Waals surface area contributed by atoms with E-state index in [-0.39, 0.29) is 0 Å². The third-order valence-electron chi connectivity index (χ3n) is 3.13. The Kier molecular flexibility index (Phi) is 4.93. The highest BCUT2D eigenvalue weighted by Crippen LogP contribution is 2.29. The molecule has 0 fully saturated rings. The largest absolute Gasteiger partial charge is 0.438 e. The summed E-state index contributed by atoms with van der Waals surface area (Å²) in [6.07, 6.45) is 5.74. The lowest BCUT2D eigenvalue weighted by Crippen LogP contribution is -2.05. The average molecular weight is 283 g/mol. The molecule has 0 aliphatic rings. The quantitative estimate of drug-likeness (QED) is 0.895. The van der Waals surface area contributed by atoms with Gasteiger partial charge >= 0.3 is 0 Å². The summed E-state index contributed by atoms with van der Waals surface area (Å²) in [7, 11) is 0. The first-order valence-electron chi connectivity index (χ1n) is 7.18. The minimum atomic E-state index is 0.479. The van der Waals surface area contributed by atoms with Crippen molar-refractivity contribution >= 4 is 11.9 Å². The van der Waals surface area contributed by atoms with Crippen LogP contribution in [0.25, 0.3) is 6.08 Å². The first kappa shape index (κ1) is 15.0. The normalized spacial score (nSPS) is 11.0. The highest BCUT2D eigenvalue weighted by molar-refractivity contribution is 5.58. The molecule has 0 aliphatic heterocycles. The van der Waals surface area contributed by atoms with Gasteiger partial charge in [0.15, 0.2) is 0 Å². The van der Waals surface area contributed by atoms with Crippen molar-refractivity contribution in [3.05, 3.63) is 47.3 Å². The van der Waals surface area contributed by atoms with Crippen molar-refractivity contribution in [2.75, 3.05) is 5.73 Å². The molecule has 1 aromatic heterocycles. The minimum absolute atomic E-state index is 0.479. The summed E-state index contributed by atoms with van der Waals surface area (Å²) in [6, 6.07) is 7.84. The molecule has 0 atom stereocenters. The Morgan fingerprint density at radius 3 is 2.71 bits per heavy atom. The Morgan fingerprint density at radius 1 is 1.24 bits per heavy atom. The van der Waals surface area contributed by atoms with Gasteiger partial charge in [-0.25, -0.2) is 4.98 Å². The summed E-state index contributed by atoms with van der Waals surface area (Å²) in [4.78, 5) is 8.78. The Hall–Kier alpha value is -2.36. The molecule has 0 spiro atoms. The van der Waals surface area contributed by atoms with Crippen molar-refractivity contribution < 1.29 is 4.74 Å². The van der Waals surface area contributed by atoms with E-state index in [4.69, 9.17) is 10.5 Å². The van der Waals surface area contributed by atoms with Crippen LogP contribution in [0.1, 0.15) is 37.2 Å². The predicted octanol–water partition coefficient (Wildman–Crippen LogP) is 4.15. The van der Waals surface area contributed by atoms with Crippen molar-refractivity contribution in [1.82, 2.24) is 9.97 Å². The van der Waals surface area contributed by atoms with Gasteiger partial charge in [0, 0.05) is 12.0 Å². The van der Waals surface area contributed by atoms with Gasteiger partial charge in [-0.1, -0.05) is 37.3 Å². The predicted molar refractivity (Wildman–Crippen MR) is 86.4 cm³/mol. The van der Waals surface area contributed by atoms with Gasteiger partial charge in [0.1, 0.15) is 17.4 Å². The maximum Gasteiger partial charge on any atom is 0.227 e. The summed E-state index contributed by atoms with van der Waals surface area (Å²) < 4.78 is 5.98. The monoisotopic (exact) mass is 283 g/mol. The Labute approximate surface area is 125 Å². The van der Waals surface area contributed by atoms with Crippen molar-refractivity contribution in [2.45, 2.75) is 33.6 Å². The Bertz CT molecular complexity index is 650. The van der Waals surface area contributed by atoms with Crippen LogP contribution in [0.3, 0.4) is 0 Å². The minimum Gasteiger partial charge on any atom is -0.438 e. The summed E-state index contributed by atoms with van der Waals surface area (Å²) >= 11 is 0. The lowest BCUT2D eigenvalue weighted by molar-refractivity contribution is 0.453. The molecule has 0 unspecified atom stereocenters. The molecule has 0 saturated carbocycles. The summed E-state index contributed by atoms with van der Waals surface area (Å²) in [5.74, 6) is 2.49. The van der Waals surface area contributed by atoms with Gasteiger partial charge in [0.25, 0.3) is 0 Å². The molecule has 0 aliphatic carbocycles. The second-order valence-electron chi connectivity index (χ2n) is 4.85. The molecule has 21 heavy (non-hydrogen) atoms. The molecule has 1 aromatic carbocycles. The second kappa shape index (κ2) is 6.88. The summed E-state index contributed by atoms with van der Waals surface area (Å²) in [5.41, 5.74) is 7.73. The van der Waals surface area contributed by atoms with E-state index in [1.807, 2.05) is 50.3 Å². The molecule has 1 heterocycles. The first-order chi connectivity index (χ1) is 10.2. The van der Waals surface area contributed by atoms with E-state index in [0.717, 1.165) is 35.5 Å². The second-order valence-corrected chi connectivity index (χ2v) is 4.85. The fourth-order valence-corrected chi connectivity index (χ4v) is 1.99. The number of nitrogens with zero attached hydrogens (tertiary/aromatic N) is 2. The number of nitrogens with two attached hydrogens (primary N) is 1. The highest BCUT2D eigenvalue weighted by atomic mass is 16.5. The zero-order valence-corrected chi connectivity index (χ0v) is 12.8. The van der Waals surface area contributed by atoms with E-state index < -0.39 is 0 Å². The molecule has 0 radical (unpaired) electrons. The molecule has 2 aromatic rings. The van der Waals surface area contributed by atoms with E-state index in [1.54, 1.807) is 0 Å².